The molecule has 23 heavy (non-hydrogen) atoms. The van der Waals surface area contributed by atoms with Crippen molar-refractivity contribution in [2.75, 3.05) is 19.9 Å². The minimum absolute atomic E-state index is 0.300. The molecule has 2 aromatic rings. The van der Waals surface area contributed by atoms with E-state index in [0.717, 1.165) is 10.6 Å². The lowest BCUT2D eigenvalue weighted by Gasteiger charge is -2.23. The Hall–Kier alpha value is -2.73. The van der Waals surface area contributed by atoms with E-state index >= 15 is 0 Å². The van der Waals surface area contributed by atoms with Gasteiger partial charge in [0.15, 0.2) is 11.5 Å². The SMILES string of the molecule is CON(C)C(=O)c1cc2c(cc1N)OC(C)(c1ccccc1)O2. The van der Waals surface area contributed by atoms with Crippen molar-refractivity contribution in [2.24, 2.45) is 0 Å². The highest BCUT2D eigenvalue weighted by Gasteiger charge is 2.39. The molecule has 1 aliphatic heterocycles. The second-order valence-electron chi connectivity index (χ2n) is 5.39. The van der Waals surface area contributed by atoms with Gasteiger partial charge in [-0.05, 0) is 6.07 Å². The lowest BCUT2D eigenvalue weighted by Crippen LogP contribution is -2.31. The third-order valence-corrected chi connectivity index (χ3v) is 3.81. The lowest BCUT2D eigenvalue weighted by molar-refractivity contribution is -0.0757. The van der Waals surface area contributed by atoms with E-state index in [1.54, 1.807) is 12.1 Å². The summed E-state index contributed by atoms with van der Waals surface area (Å²) in [6.45, 7) is 1.82. The van der Waals surface area contributed by atoms with Crippen molar-refractivity contribution in [2.45, 2.75) is 12.7 Å². The summed E-state index contributed by atoms with van der Waals surface area (Å²) in [6.07, 6.45) is 0. The monoisotopic (exact) mass is 314 g/mol. The topological polar surface area (TPSA) is 74.0 Å². The number of rotatable bonds is 3. The van der Waals surface area contributed by atoms with Gasteiger partial charge < -0.3 is 15.2 Å². The van der Waals surface area contributed by atoms with Crippen LogP contribution in [0.3, 0.4) is 0 Å². The number of hydrogen-bond acceptors (Lipinski definition) is 5. The zero-order valence-corrected chi connectivity index (χ0v) is 13.2. The highest BCUT2D eigenvalue weighted by Crippen LogP contribution is 2.45. The molecule has 2 aromatic carbocycles. The van der Waals surface area contributed by atoms with E-state index in [4.69, 9.17) is 20.0 Å². The number of nitrogen functional groups attached to an aromatic ring is 1. The highest BCUT2D eigenvalue weighted by molar-refractivity contribution is 5.99. The van der Waals surface area contributed by atoms with E-state index in [1.165, 1.54) is 14.2 Å². The van der Waals surface area contributed by atoms with Crippen LogP contribution in [0.5, 0.6) is 11.5 Å². The van der Waals surface area contributed by atoms with E-state index in [0.29, 0.717) is 22.7 Å². The first-order valence-corrected chi connectivity index (χ1v) is 7.14. The molecule has 0 saturated carbocycles. The van der Waals surface area contributed by atoms with Gasteiger partial charge >= 0.3 is 0 Å². The number of nitrogens with two attached hydrogens (primary N) is 1. The normalized spacial score (nSPS) is 18.7. The molecule has 0 bridgehead atoms. The largest absolute Gasteiger partial charge is 0.445 e. The van der Waals surface area contributed by atoms with Gasteiger partial charge in [0.05, 0.1) is 12.7 Å². The Balaban J connectivity index is 1.96. The maximum absolute atomic E-state index is 12.3. The highest BCUT2D eigenvalue weighted by atomic mass is 16.7. The number of fused-ring (bicyclic) bond motifs is 1. The third kappa shape index (κ3) is 2.57. The molecule has 3 rings (SSSR count). The molecule has 1 atom stereocenters. The number of ether oxygens (including phenoxy) is 2. The van der Waals surface area contributed by atoms with Crippen molar-refractivity contribution in [3.63, 3.8) is 0 Å². The third-order valence-electron chi connectivity index (χ3n) is 3.81. The number of hydroxylamine groups is 2. The molecule has 0 radical (unpaired) electrons. The molecular formula is C17H18N2O4. The Morgan fingerprint density at radius 3 is 2.39 bits per heavy atom. The molecule has 1 amide bonds. The van der Waals surface area contributed by atoms with Crippen LogP contribution < -0.4 is 15.2 Å². The maximum atomic E-state index is 12.3. The fourth-order valence-electron chi connectivity index (χ4n) is 2.47. The first kappa shape index (κ1) is 15.2. The van der Waals surface area contributed by atoms with Crippen molar-refractivity contribution in [1.29, 1.82) is 0 Å². The summed E-state index contributed by atoms with van der Waals surface area (Å²) in [5.41, 5.74) is 7.45. The van der Waals surface area contributed by atoms with Gasteiger partial charge in [-0.25, -0.2) is 5.06 Å². The second-order valence-corrected chi connectivity index (χ2v) is 5.39. The Kier molecular flexibility index (Phi) is 3.61. The van der Waals surface area contributed by atoms with Gasteiger partial charge in [-0.3, -0.25) is 9.63 Å². The fraction of sp³-hybridized carbons (Fsp3) is 0.235. The van der Waals surface area contributed by atoms with Crippen LogP contribution in [-0.4, -0.2) is 25.1 Å². The molecule has 0 aromatic heterocycles. The molecule has 6 nitrogen and oxygen atoms in total. The van der Waals surface area contributed by atoms with Gasteiger partial charge in [0, 0.05) is 31.3 Å². The number of amides is 1. The Morgan fingerprint density at radius 1 is 1.17 bits per heavy atom. The van der Waals surface area contributed by atoms with Gasteiger partial charge in [-0.15, -0.1) is 0 Å². The quantitative estimate of drug-likeness (QED) is 0.696. The average molecular weight is 314 g/mol. The first-order chi connectivity index (χ1) is 10.9. The molecule has 1 unspecified atom stereocenters. The minimum Gasteiger partial charge on any atom is -0.445 e. The molecule has 0 saturated heterocycles. The fourth-order valence-corrected chi connectivity index (χ4v) is 2.47. The zero-order valence-electron chi connectivity index (χ0n) is 13.2. The predicted molar refractivity (Wildman–Crippen MR) is 85.0 cm³/mol. The van der Waals surface area contributed by atoms with Crippen molar-refractivity contribution >= 4 is 11.6 Å². The van der Waals surface area contributed by atoms with Gasteiger partial charge in [0.1, 0.15) is 0 Å². The molecule has 2 N–H and O–H groups in total. The molecule has 1 heterocycles. The molecule has 0 fully saturated rings. The van der Waals surface area contributed by atoms with E-state index < -0.39 is 5.79 Å². The predicted octanol–water partition coefficient (Wildman–Crippen LogP) is 2.55. The van der Waals surface area contributed by atoms with E-state index in [2.05, 4.69) is 0 Å². The number of anilines is 1. The van der Waals surface area contributed by atoms with Crippen molar-refractivity contribution in [3.05, 3.63) is 53.6 Å². The maximum Gasteiger partial charge on any atom is 0.279 e. The molecule has 120 valence electrons. The van der Waals surface area contributed by atoms with Gasteiger partial charge in [0.2, 0.25) is 0 Å². The number of benzene rings is 2. The van der Waals surface area contributed by atoms with Crippen molar-refractivity contribution < 1.29 is 19.1 Å². The smallest absolute Gasteiger partial charge is 0.279 e. The van der Waals surface area contributed by atoms with Crippen LogP contribution >= 0.6 is 0 Å². The molecule has 6 heteroatoms. The Morgan fingerprint density at radius 2 is 1.78 bits per heavy atom. The first-order valence-electron chi connectivity index (χ1n) is 7.14. The van der Waals surface area contributed by atoms with Crippen LogP contribution in [0.15, 0.2) is 42.5 Å². The van der Waals surface area contributed by atoms with Gasteiger partial charge in [-0.2, -0.15) is 0 Å². The number of hydrogen-bond donors (Lipinski definition) is 1. The van der Waals surface area contributed by atoms with Crippen LogP contribution in [0.2, 0.25) is 0 Å². The van der Waals surface area contributed by atoms with E-state index in [9.17, 15) is 4.79 Å². The Labute approximate surface area is 134 Å². The van der Waals surface area contributed by atoms with Crippen LogP contribution in [-0.2, 0) is 10.6 Å². The van der Waals surface area contributed by atoms with E-state index in [1.807, 2.05) is 37.3 Å². The van der Waals surface area contributed by atoms with Crippen LogP contribution in [0.25, 0.3) is 0 Å². The van der Waals surface area contributed by atoms with E-state index in [-0.39, 0.29) is 5.91 Å². The average Bonchev–Trinajstić information content (AvgIpc) is 2.90. The number of carbonyl (C=O) groups is 1. The Bertz CT molecular complexity index is 748. The summed E-state index contributed by atoms with van der Waals surface area (Å²) in [4.78, 5) is 17.2. The standard InChI is InChI=1S/C17H18N2O4/c1-17(11-7-5-4-6-8-11)22-14-9-12(16(20)19(2)21-3)13(18)10-15(14)23-17/h4-10H,18H2,1-3H3. The number of nitrogens with zero attached hydrogens (tertiary/aromatic N) is 1. The molecular weight excluding hydrogens is 296 g/mol. The second kappa shape index (κ2) is 5.48. The lowest BCUT2D eigenvalue weighted by atomic mass is 10.1. The summed E-state index contributed by atoms with van der Waals surface area (Å²) in [5.74, 6) is -0.334. The summed E-state index contributed by atoms with van der Waals surface area (Å²) >= 11 is 0. The molecule has 0 aliphatic carbocycles. The van der Waals surface area contributed by atoms with Crippen molar-refractivity contribution in [1.82, 2.24) is 5.06 Å². The van der Waals surface area contributed by atoms with Crippen molar-refractivity contribution in [3.8, 4) is 11.5 Å². The summed E-state index contributed by atoms with van der Waals surface area (Å²) in [5, 5.41) is 1.10. The van der Waals surface area contributed by atoms with Gasteiger partial charge in [-0.1, -0.05) is 30.3 Å². The van der Waals surface area contributed by atoms with Gasteiger partial charge in [0.25, 0.3) is 11.7 Å². The summed E-state index contributed by atoms with van der Waals surface area (Å²) < 4.78 is 11.9. The van der Waals surface area contributed by atoms with Crippen LogP contribution in [0.4, 0.5) is 5.69 Å². The minimum atomic E-state index is -0.954. The zero-order chi connectivity index (χ0) is 16.6. The van der Waals surface area contributed by atoms with Crippen LogP contribution in [0.1, 0.15) is 22.8 Å². The summed E-state index contributed by atoms with van der Waals surface area (Å²) in [7, 11) is 2.92. The molecule has 0 spiro atoms. The van der Waals surface area contributed by atoms with Crippen LogP contribution in [0, 0.1) is 0 Å². The number of carbonyl (C=O) groups excluding carboxylic acids is 1. The summed E-state index contributed by atoms with van der Waals surface area (Å²) in [6, 6.07) is 12.8. The molecule has 1 aliphatic rings.